The van der Waals surface area contributed by atoms with Crippen LogP contribution in [0, 0.1) is 0 Å². The van der Waals surface area contributed by atoms with Crippen LogP contribution < -0.4 is 19.9 Å². The summed E-state index contributed by atoms with van der Waals surface area (Å²) in [5.74, 6) is 2.39. The van der Waals surface area contributed by atoms with E-state index in [2.05, 4.69) is 37.2 Å². The van der Waals surface area contributed by atoms with Gasteiger partial charge in [-0.1, -0.05) is 11.6 Å². The van der Waals surface area contributed by atoms with Gasteiger partial charge >= 0.3 is 0 Å². The SMILES string of the molecule is COc1ccc(N2CCN(c3nccc(Nc4ccc(Cl)cc4)n3)CC2)cc1. The zero-order chi connectivity index (χ0) is 19.3. The molecule has 1 N–H and O–H groups in total. The summed E-state index contributed by atoms with van der Waals surface area (Å²) in [6.07, 6.45) is 1.79. The number of rotatable bonds is 5. The smallest absolute Gasteiger partial charge is 0.227 e. The van der Waals surface area contributed by atoms with Crippen LogP contribution in [-0.4, -0.2) is 43.3 Å². The van der Waals surface area contributed by atoms with Crippen LogP contribution in [0.25, 0.3) is 0 Å². The molecule has 0 atom stereocenters. The topological polar surface area (TPSA) is 53.5 Å². The number of methoxy groups -OCH3 is 1. The van der Waals surface area contributed by atoms with E-state index in [1.165, 1.54) is 5.69 Å². The Morgan fingerprint density at radius 1 is 0.893 bits per heavy atom. The number of aromatic nitrogens is 2. The van der Waals surface area contributed by atoms with Crippen molar-refractivity contribution in [3.8, 4) is 5.75 Å². The first kappa shape index (κ1) is 18.4. The number of nitrogens with zero attached hydrogens (tertiary/aromatic N) is 4. The Kier molecular flexibility index (Phi) is 5.48. The van der Waals surface area contributed by atoms with Gasteiger partial charge in [0.1, 0.15) is 11.6 Å². The van der Waals surface area contributed by atoms with Gasteiger partial charge in [0.15, 0.2) is 0 Å². The third kappa shape index (κ3) is 4.28. The van der Waals surface area contributed by atoms with Crippen LogP contribution in [0.2, 0.25) is 5.02 Å². The molecule has 7 heteroatoms. The largest absolute Gasteiger partial charge is 0.497 e. The molecule has 0 spiro atoms. The zero-order valence-electron chi connectivity index (χ0n) is 15.7. The summed E-state index contributed by atoms with van der Waals surface area (Å²) in [5, 5.41) is 4.01. The van der Waals surface area contributed by atoms with Crippen molar-refractivity contribution in [2.45, 2.75) is 0 Å². The molecule has 1 aliphatic rings. The van der Waals surface area contributed by atoms with Crippen molar-refractivity contribution in [1.29, 1.82) is 0 Å². The summed E-state index contributed by atoms with van der Waals surface area (Å²) in [6.45, 7) is 3.59. The number of ether oxygens (including phenoxy) is 1. The first-order valence-corrected chi connectivity index (χ1v) is 9.59. The fourth-order valence-corrected chi connectivity index (χ4v) is 3.34. The second kappa shape index (κ2) is 8.35. The van der Waals surface area contributed by atoms with E-state index >= 15 is 0 Å². The highest BCUT2D eigenvalue weighted by Crippen LogP contribution is 2.23. The van der Waals surface area contributed by atoms with Crippen molar-refractivity contribution < 1.29 is 4.74 Å². The predicted molar refractivity (Wildman–Crippen MR) is 114 cm³/mol. The second-order valence-corrected chi connectivity index (χ2v) is 6.98. The standard InChI is InChI=1S/C21H22ClN5O/c1-28-19-8-6-18(7-9-19)26-12-14-27(15-13-26)21-23-11-10-20(25-21)24-17-4-2-16(22)3-5-17/h2-11H,12-15H2,1H3,(H,23,24,25). The van der Waals surface area contributed by atoms with Crippen molar-refractivity contribution in [2.24, 2.45) is 0 Å². The molecule has 0 bridgehead atoms. The number of piperazine rings is 1. The van der Waals surface area contributed by atoms with E-state index in [4.69, 9.17) is 16.3 Å². The monoisotopic (exact) mass is 395 g/mol. The Labute approximate surface area is 169 Å². The Balaban J connectivity index is 1.39. The molecule has 144 valence electrons. The van der Waals surface area contributed by atoms with E-state index < -0.39 is 0 Å². The van der Waals surface area contributed by atoms with Gasteiger partial charge in [0, 0.05) is 48.8 Å². The molecule has 2 aromatic carbocycles. The average Bonchev–Trinajstić information content (AvgIpc) is 2.76. The summed E-state index contributed by atoms with van der Waals surface area (Å²) >= 11 is 5.94. The summed E-state index contributed by atoms with van der Waals surface area (Å²) < 4.78 is 5.24. The molecule has 0 unspecified atom stereocenters. The molecule has 1 fully saturated rings. The normalized spacial score (nSPS) is 14.1. The molecule has 28 heavy (non-hydrogen) atoms. The highest BCUT2D eigenvalue weighted by molar-refractivity contribution is 6.30. The lowest BCUT2D eigenvalue weighted by Gasteiger charge is -2.36. The first-order chi connectivity index (χ1) is 13.7. The Morgan fingerprint density at radius 2 is 1.57 bits per heavy atom. The quantitative estimate of drug-likeness (QED) is 0.698. The minimum absolute atomic E-state index is 0.712. The average molecular weight is 396 g/mol. The lowest BCUT2D eigenvalue weighted by molar-refractivity contribution is 0.415. The zero-order valence-corrected chi connectivity index (χ0v) is 16.4. The van der Waals surface area contributed by atoms with Crippen LogP contribution in [0.15, 0.2) is 60.8 Å². The maximum Gasteiger partial charge on any atom is 0.227 e. The van der Waals surface area contributed by atoms with E-state index in [-0.39, 0.29) is 0 Å². The molecule has 2 heterocycles. The third-order valence-electron chi connectivity index (χ3n) is 4.76. The minimum Gasteiger partial charge on any atom is -0.497 e. The minimum atomic E-state index is 0.712. The maximum absolute atomic E-state index is 5.94. The number of hydrogen-bond donors (Lipinski definition) is 1. The van der Waals surface area contributed by atoms with Crippen molar-refractivity contribution in [1.82, 2.24) is 9.97 Å². The van der Waals surface area contributed by atoms with E-state index in [1.54, 1.807) is 13.3 Å². The number of anilines is 4. The lowest BCUT2D eigenvalue weighted by atomic mass is 10.2. The van der Waals surface area contributed by atoms with Crippen molar-refractivity contribution in [3.63, 3.8) is 0 Å². The number of benzene rings is 2. The molecule has 1 saturated heterocycles. The highest BCUT2D eigenvalue weighted by atomic mass is 35.5. The molecule has 1 aromatic heterocycles. The van der Waals surface area contributed by atoms with Gasteiger partial charge in [-0.2, -0.15) is 4.98 Å². The molecular formula is C21H22ClN5O. The fourth-order valence-electron chi connectivity index (χ4n) is 3.21. The number of hydrogen-bond acceptors (Lipinski definition) is 6. The number of nitrogens with one attached hydrogen (secondary N) is 1. The summed E-state index contributed by atoms with van der Waals surface area (Å²) in [5.41, 5.74) is 2.15. The van der Waals surface area contributed by atoms with Crippen LogP contribution in [-0.2, 0) is 0 Å². The molecule has 4 rings (SSSR count). The first-order valence-electron chi connectivity index (χ1n) is 9.21. The predicted octanol–water partition coefficient (Wildman–Crippen LogP) is 4.21. The van der Waals surface area contributed by atoms with Crippen LogP contribution in [0.1, 0.15) is 0 Å². The van der Waals surface area contributed by atoms with Gasteiger partial charge in [-0.3, -0.25) is 0 Å². The van der Waals surface area contributed by atoms with Gasteiger partial charge < -0.3 is 19.9 Å². The molecule has 0 amide bonds. The van der Waals surface area contributed by atoms with Crippen LogP contribution in [0.4, 0.5) is 23.1 Å². The van der Waals surface area contributed by atoms with Gasteiger partial charge in [0.05, 0.1) is 7.11 Å². The summed E-state index contributed by atoms with van der Waals surface area (Å²) in [4.78, 5) is 13.7. The summed E-state index contributed by atoms with van der Waals surface area (Å²) in [6, 6.07) is 17.6. The van der Waals surface area contributed by atoms with Crippen molar-refractivity contribution in [3.05, 3.63) is 65.8 Å². The van der Waals surface area contributed by atoms with E-state index in [0.717, 1.165) is 49.4 Å². The fraction of sp³-hybridized carbons (Fsp3) is 0.238. The molecule has 6 nitrogen and oxygen atoms in total. The van der Waals surface area contributed by atoms with Gasteiger partial charge in [-0.15, -0.1) is 0 Å². The maximum atomic E-state index is 5.94. The molecular weight excluding hydrogens is 374 g/mol. The van der Waals surface area contributed by atoms with E-state index in [9.17, 15) is 0 Å². The molecule has 1 aliphatic heterocycles. The van der Waals surface area contributed by atoms with Crippen LogP contribution in [0.5, 0.6) is 5.75 Å². The van der Waals surface area contributed by atoms with Gasteiger partial charge in [0.2, 0.25) is 5.95 Å². The van der Waals surface area contributed by atoms with E-state index in [1.807, 2.05) is 42.5 Å². The molecule has 0 aliphatic carbocycles. The lowest BCUT2D eigenvalue weighted by Crippen LogP contribution is -2.47. The highest BCUT2D eigenvalue weighted by Gasteiger charge is 2.19. The van der Waals surface area contributed by atoms with Crippen molar-refractivity contribution >= 4 is 34.7 Å². The van der Waals surface area contributed by atoms with Crippen LogP contribution in [0.3, 0.4) is 0 Å². The molecule has 3 aromatic rings. The molecule has 0 radical (unpaired) electrons. The van der Waals surface area contributed by atoms with Gasteiger partial charge in [-0.25, -0.2) is 4.98 Å². The Hall–Kier alpha value is -2.99. The second-order valence-electron chi connectivity index (χ2n) is 6.55. The van der Waals surface area contributed by atoms with Crippen LogP contribution >= 0.6 is 11.6 Å². The molecule has 0 saturated carbocycles. The Bertz CT molecular complexity index is 909. The summed E-state index contributed by atoms with van der Waals surface area (Å²) in [7, 11) is 1.68. The van der Waals surface area contributed by atoms with Gasteiger partial charge in [-0.05, 0) is 54.6 Å². The van der Waals surface area contributed by atoms with Gasteiger partial charge in [0.25, 0.3) is 0 Å². The third-order valence-corrected chi connectivity index (χ3v) is 5.01. The van der Waals surface area contributed by atoms with E-state index in [0.29, 0.717) is 5.02 Å². The number of halogens is 1. The Morgan fingerprint density at radius 3 is 2.25 bits per heavy atom. The van der Waals surface area contributed by atoms with Crippen molar-refractivity contribution in [2.75, 3.05) is 48.4 Å².